The van der Waals surface area contributed by atoms with Crippen molar-refractivity contribution in [1.82, 2.24) is 25.4 Å². The zero-order valence-corrected chi connectivity index (χ0v) is 19.8. The second kappa shape index (κ2) is 9.19. The predicted octanol–water partition coefficient (Wildman–Crippen LogP) is 3.80. The maximum absolute atomic E-state index is 13.3. The molecule has 35 heavy (non-hydrogen) atoms. The van der Waals surface area contributed by atoms with Crippen LogP contribution < -0.4 is 16.1 Å². The van der Waals surface area contributed by atoms with Gasteiger partial charge in [-0.05, 0) is 61.1 Å². The van der Waals surface area contributed by atoms with Gasteiger partial charge < -0.3 is 10.6 Å². The Morgan fingerprint density at radius 2 is 1.94 bits per heavy atom. The monoisotopic (exact) mass is 470 g/mol. The molecule has 0 radical (unpaired) electrons. The van der Waals surface area contributed by atoms with E-state index in [1.54, 1.807) is 22.8 Å². The van der Waals surface area contributed by atoms with Gasteiger partial charge in [0.25, 0.3) is 11.8 Å². The van der Waals surface area contributed by atoms with Crippen molar-refractivity contribution in [2.24, 2.45) is 0 Å². The number of hydroxylamine groups is 1. The summed E-state index contributed by atoms with van der Waals surface area (Å²) < 4.78 is 1.65. The number of aryl methyl sites for hydroxylation is 3. The summed E-state index contributed by atoms with van der Waals surface area (Å²) in [6.45, 7) is 3.82. The van der Waals surface area contributed by atoms with Crippen LogP contribution in [0.2, 0.25) is 0 Å². The first-order valence-electron chi connectivity index (χ1n) is 11.4. The van der Waals surface area contributed by atoms with Crippen molar-refractivity contribution in [2.45, 2.75) is 32.7 Å². The standard InChI is InChI=1S/C26H26N6O3/c1-15-8-9-18(25(33)31-35-3)12-22(15)29-24-23-16(2)20(13-32(23)28-14-27-24)26(34)30-21-11-10-17-6-4-5-7-19(17)21/h4-9,12-14,21H,10-11H2,1-3H3,(H,30,34)(H,31,33)(H,27,28,29)/t21-/m1/s1. The molecule has 178 valence electrons. The van der Waals surface area contributed by atoms with Crippen molar-refractivity contribution in [2.75, 3.05) is 12.4 Å². The van der Waals surface area contributed by atoms with Gasteiger partial charge in [0.05, 0.1) is 18.7 Å². The van der Waals surface area contributed by atoms with Crippen LogP contribution in [0.5, 0.6) is 0 Å². The highest BCUT2D eigenvalue weighted by Gasteiger charge is 2.26. The first-order valence-corrected chi connectivity index (χ1v) is 11.4. The molecule has 0 aliphatic heterocycles. The van der Waals surface area contributed by atoms with Crippen LogP contribution in [-0.4, -0.2) is 33.5 Å². The summed E-state index contributed by atoms with van der Waals surface area (Å²) in [5.41, 5.74) is 8.86. The number of carbonyl (C=O) groups is 2. The van der Waals surface area contributed by atoms with Crippen LogP contribution in [0, 0.1) is 13.8 Å². The molecule has 2 amide bonds. The number of amides is 2. The molecule has 2 aromatic carbocycles. The van der Waals surface area contributed by atoms with E-state index >= 15 is 0 Å². The second-order valence-corrected chi connectivity index (χ2v) is 8.62. The van der Waals surface area contributed by atoms with Crippen LogP contribution in [0.1, 0.15) is 55.4 Å². The molecule has 2 heterocycles. The van der Waals surface area contributed by atoms with Crippen LogP contribution in [0.25, 0.3) is 5.52 Å². The molecule has 0 fully saturated rings. The van der Waals surface area contributed by atoms with E-state index in [1.807, 2.05) is 32.0 Å². The average molecular weight is 471 g/mol. The molecule has 0 unspecified atom stereocenters. The zero-order valence-electron chi connectivity index (χ0n) is 19.8. The van der Waals surface area contributed by atoms with Gasteiger partial charge in [-0.15, -0.1) is 0 Å². The van der Waals surface area contributed by atoms with Crippen molar-refractivity contribution >= 4 is 28.8 Å². The summed E-state index contributed by atoms with van der Waals surface area (Å²) >= 11 is 0. The average Bonchev–Trinajstić information content (AvgIpc) is 3.42. The smallest absolute Gasteiger partial charge is 0.274 e. The van der Waals surface area contributed by atoms with Gasteiger partial charge in [0.1, 0.15) is 11.8 Å². The van der Waals surface area contributed by atoms with E-state index in [-0.39, 0.29) is 17.9 Å². The third-order valence-electron chi connectivity index (χ3n) is 6.46. The summed E-state index contributed by atoms with van der Waals surface area (Å²) in [5, 5.41) is 10.8. The Balaban J connectivity index is 1.44. The minimum absolute atomic E-state index is 0.00609. The third-order valence-corrected chi connectivity index (χ3v) is 6.46. The van der Waals surface area contributed by atoms with Gasteiger partial charge >= 0.3 is 0 Å². The van der Waals surface area contributed by atoms with E-state index in [9.17, 15) is 9.59 Å². The number of hydrogen-bond donors (Lipinski definition) is 3. The number of carbonyl (C=O) groups excluding carboxylic acids is 2. The highest BCUT2D eigenvalue weighted by Crippen LogP contribution is 2.32. The first-order chi connectivity index (χ1) is 17.0. The second-order valence-electron chi connectivity index (χ2n) is 8.62. The number of benzene rings is 2. The number of rotatable bonds is 6. The van der Waals surface area contributed by atoms with E-state index < -0.39 is 0 Å². The van der Waals surface area contributed by atoms with Crippen molar-refractivity contribution in [1.29, 1.82) is 0 Å². The quantitative estimate of drug-likeness (QED) is 0.370. The molecule has 0 bridgehead atoms. The first kappa shape index (κ1) is 22.5. The minimum Gasteiger partial charge on any atom is -0.345 e. The van der Waals surface area contributed by atoms with Gasteiger partial charge in [-0.2, -0.15) is 5.10 Å². The summed E-state index contributed by atoms with van der Waals surface area (Å²) in [6, 6.07) is 13.5. The highest BCUT2D eigenvalue weighted by molar-refractivity contribution is 5.99. The Morgan fingerprint density at radius 3 is 2.77 bits per heavy atom. The van der Waals surface area contributed by atoms with E-state index in [1.165, 1.54) is 24.6 Å². The molecule has 1 aliphatic carbocycles. The number of nitrogens with one attached hydrogen (secondary N) is 3. The lowest BCUT2D eigenvalue weighted by Crippen LogP contribution is -2.27. The van der Waals surface area contributed by atoms with E-state index in [0.717, 1.165) is 24.0 Å². The molecule has 9 heteroatoms. The van der Waals surface area contributed by atoms with Crippen molar-refractivity contribution < 1.29 is 14.4 Å². The molecule has 1 aliphatic rings. The number of fused-ring (bicyclic) bond motifs is 2. The van der Waals surface area contributed by atoms with Crippen LogP contribution in [0.3, 0.4) is 0 Å². The number of nitrogens with zero attached hydrogens (tertiary/aromatic N) is 3. The largest absolute Gasteiger partial charge is 0.345 e. The Labute approximate surface area is 202 Å². The lowest BCUT2D eigenvalue weighted by Gasteiger charge is -2.14. The molecule has 1 atom stereocenters. The SMILES string of the molecule is CONC(=O)c1ccc(C)c(Nc2ncnn3cc(C(=O)N[C@@H]4CCc5ccccc54)c(C)c23)c1. The Bertz CT molecular complexity index is 1440. The summed E-state index contributed by atoms with van der Waals surface area (Å²) in [5.74, 6) is 0.0416. The van der Waals surface area contributed by atoms with Crippen molar-refractivity contribution in [3.8, 4) is 0 Å². The van der Waals surface area contributed by atoms with Crippen LogP contribution in [0.15, 0.2) is 55.0 Å². The molecule has 3 N–H and O–H groups in total. The molecular weight excluding hydrogens is 444 g/mol. The van der Waals surface area contributed by atoms with E-state index in [4.69, 9.17) is 4.84 Å². The maximum Gasteiger partial charge on any atom is 0.274 e. The Hall–Kier alpha value is -4.24. The topological polar surface area (TPSA) is 110 Å². The molecule has 5 rings (SSSR count). The molecule has 0 saturated carbocycles. The molecule has 9 nitrogen and oxygen atoms in total. The zero-order chi connectivity index (χ0) is 24.5. The van der Waals surface area contributed by atoms with Crippen LogP contribution >= 0.6 is 0 Å². The number of aromatic nitrogens is 3. The van der Waals surface area contributed by atoms with Gasteiger partial charge in [-0.25, -0.2) is 15.0 Å². The van der Waals surface area contributed by atoms with Crippen LogP contribution in [-0.2, 0) is 11.3 Å². The molecule has 0 spiro atoms. The van der Waals surface area contributed by atoms with E-state index in [2.05, 4.69) is 38.3 Å². The summed E-state index contributed by atoms with van der Waals surface area (Å²) in [6.07, 6.45) is 5.00. The number of hydrogen-bond acceptors (Lipinski definition) is 6. The summed E-state index contributed by atoms with van der Waals surface area (Å²) in [7, 11) is 1.39. The number of anilines is 2. The fourth-order valence-corrected chi connectivity index (χ4v) is 4.60. The van der Waals surface area contributed by atoms with E-state index in [0.29, 0.717) is 28.1 Å². The van der Waals surface area contributed by atoms with Gasteiger partial charge in [0, 0.05) is 17.4 Å². The van der Waals surface area contributed by atoms with Crippen LogP contribution in [0.4, 0.5) is 11.5 Å². The molecule has 2 aromatic heterocycles. The predicted molar refractivity (Wildman–Crippen MR) is 132 cm³/mol. The normalized spacial score (nSPS) is 14.5. The molecular formula is C26H26N6O3. The highest BCUT2D eigenvalue weighted by atomic mass is 16.6. The molecule has 0 saturated heterocycles. The van der Waals surface area contributed by atoms with Gasteiger partial charge in [-0.1, -0.05) is 30.3 Å². The van der Waals surface area contributed by atoms with Gasteiger partial charge in [0.15, 0.2) is 5.82 Å². The third kappa shape index (κ3) is 4.22. The Kier molecular flexibility index (Phi) is 5.92. The van der Waals surface area contributed by atoms with Crippen molar-refractivity contribution in [3.05, 3.63) is 88.4 Å². The van der Waals surface area contributed by atoms with Gasteiger partial charge in [-0.3, -0.25) is 14.4 Å². The fourth-order valence-electron chi connectivity index (χ4n) is 4.60. The fraction of sp³-hybridized carbons (Fsp3) is 0.231. The Morgan fingerprint density at radius 1 is 1.11 bits per heavy atom. The maximum atomic E-state index is 13.3. The van der Waals surface area contributed by atoms with Crippen molar-refractivity contribution in [3.63, 3.8) is 0 Å². The van der Waals surface area contributed by atoms with Gasteiger partial charge in [0.2, 0.25) is 0 Å². The lowest BCUT2D eigenvalue weighted by molar-refractivity contribution is 0.0537. The summed E-state index contributed by atoms with van der Waals surface area (Å²) in [4.78, 5) is 34.6. The lowest BCUT2D eigenvalue weighted by atomic mass is 10.1. The molecule has 4 aromatic rings. The minimum atomic E-state index is -0.352.